The lowest BCUT2D eigenvalue weighted by atomic mass is 10.1. The molecule has 3 heteroatoms. The smallest absolute Gasteiger partial charge is 0.132 e. The van der Waals surface area contributed by atoms with Gasteiger partial charge in [-0.25, -0.2) is 4.98 Å². The molecule has 0 aliphatic carbocycles. The summed E-state index contributed by atoms with van der Waals surface area (Å²) in [6.07, 6.45) is 5.91. The van der Waals surface area contributed by atoms with Crippen molar-refractivity contribution >= 4 is 6.08 Å². The van der Waals surface area contributed by atoms with Gasteiger partial charge in [-0.3, -0.25) is 0 Å². The van der Waals surface area contributed by atoms with Crippen LogP contribution < -0.4 is 5.32 Å². The van der Waals surface area contributed by atoms with Gasteiger partial charge in [0, 0.05) is 32.5 Å². The topological polar surface area (TPSA) is 29.9 Å². The van der Waals surface area contributed by atoms with Crippen molar-refractivity contribution in [2.45, 2.75) is 0 Å². The first kappa shape index (κ1) is 6.61. The van der Waals surface area contributed by atoms with Gasteiger partial charge in [-0.2, -0.15) is 0 Å². The maximum atomic E-state index is 4.20. The number of aryl methyl sites for hydroxylation is 1. The lowest BCUT2D eigenvalue weighted by Gasteiger charge is -2.17. The SMILES string of the molecule is Cn1ccnc1C=C1CNC1. The molecule has 1 aromatic heterocycles. The summed E-state index contributed by atoms with van der Waals surface area (Å²) in [5, 5.41) is 3.19. The number of hydrogen-bond donors (Lipinski definition) is 1. The molecule has 1 saturated heterocycles. The van der Waals surface area contributed by atoms with Crippen molar-refractivity contribution in [3.8, 4) is 0 Å². The van der Waals surface area contributed by atoms with E-state index < -0.39 is 0 Å². The van der Waals surface area contributed by atoms with Gasteiger partial charge in [0.2, 0.25) is 0 Å². The van der Waals surface area contributed by atoms with E-state index in [9.17, 15) is 0 Å². The zero-order chi connectivity index (χ0) is 7.68. The molecule has 0 spiro atoms. The van der Waals surface area contributed by atoms with Crippen LogP contribution in [0.2, 0.25) is 0 Å². The summed E-state index contributed by atoms with van der Waals surface area (Å²) in [5.41, 5.74) is 1.43. The maximum absolute atomic E-state index is 4.20. The second-order valence-corrected chi connectivity index (χ2v) is 2.80. The van der Waals surface area contributed by atoms with Crippen molar-refractivity contribution in [2.75, 3.05) is 13.1 Å². The van der Waals surface area contributed by atoms with Crippen molar-refractivity contribution in [1.29, 1.82) is 0 Å². The molecule has 2 rings (SSSR count). The summed E-state index contributed by atoms with van der Waals surface area (Å²) in [5.74, 6) is 1.04. The standard InChI is InChI=1S/C8H11N3/c1-11-3-2-10-8(11)4-7-5-9-6-7/h2-4,9H,5-6H2,1H3. The summed E-state index contributed by atoms with van der Waals surface area (Å²) in [6, 6.07) is 0. The average molecular weight is 149 g/mol. The third-order valence-electron chi connectivity index (χ3n) is 1.90. The molecule has 0 amide bonds. The van der Waals surface area contributed by atoms with Crippen LogP contribution in [0.15, 0.2) is 18.0 Å². The molecule has 1 fully saturated rings. The Hall–Kier alpha value is -1.09. The monoisotopic (exact) mass is 149 g/mol. The Morgan fingerprint density at radius 1 is 1.64 bits per heavy atom. The highest BCUT2D eigenvalue weighted by Crippen LogP contribution is 2.06. The molecule has 0 bridgehead atoms. The molecule has 3 nitrogen and oxygen atoms in total. The van der Waals surface area contributed by atoms with Crippen molar-refractivity contribution in [3.63, 3.8) is 0 Å². The molecule has 1 aromatic rings. The van der Waals surface area contributed by atoms with E-state index in [1.54, 1.807) is 0 Å². The van der Waals surface area contributed by atoms with Crippen molar-refractivity contribution in [1.82, 2.24) is 14.9 Å². The first-order valence-electron chi connectivity index (χ1n) is 3.74. The minimum absolute atomic E-state index is 1.02. The summed E-state index contributed by atoms with van der Waals surface area (Å²) >= 11 is 0. The van der Waals surface area contributed by atoms with Crippen molar-refractivity contribution < 1.29 is 0 Å². The predicted molar refractivity (Wildman–Crippen MR) is 44.1 cm³/mol. The van der Waals surface area contributed by atoms with E-state index in [2.05, 4.69) is 16.4 Å². The maximum Gasteiger partial charge on any atom is 0.132 e. The molecule has 0 saturated carbocycles. The molecule has 0 radical (unpaired) electrons. The number of nitrogens with one attached hydrogen (secondary N) is 1. The van der Waals surface area contributed by atoms with Gasteiger partial charge in [-0.05, 0) is 11.6 Å². The Labute approximate surface area is 65.7 Å². The number of imidazole rings is 1. The molecular weight excluding hydrogens is 138 g/mol. The van der Waals surface area contributed by atoms with E-state index in [1.165, 1.54) is 5.57 Å². The highest BCUT2D eigenvalue weighted by molar-refractivity contribution is 5.48. The van der Waals surface area contributed by atoms with E-state index >= 15 is 0 Å². The second-order valence-electron chi connectivity index (χ2n) is 2.80. The van der Waals surface area contributed by atoms with Gasteiger partial charge in [-0.15, -0.1) is 0 Å². The van der Waals surface area contributed by atoms with Crippen LogP contribution in [0.3, 0.4) is 0 Å². The largest absolute Gasteiger partial charge is 0.335 e. The highest BCUT2D eigenvalue weighted by Gasteiger charge is 2.07. The summed E-state index contributed by atoms with van der Waals surface area (Å²) in [6.45, 7) is 2.04. The number of rotatable bonds is 1. The van der Waals surface area contributed by atoms with Gasteiger partial charge < -0.3 is 9.88 Å². The molecule has 2 heterocycles. The summed E-state index contributed by atoms with van der Waals surface area (Å²) in [4.78, 5) is 4.20. The molecule has 0 atom stereocenters. The molecule has 1 N–H and O–H groups in total. The number of aromatic nitrogens is 2. The van der Waals surface area contributed by atoms with Crippen LogP contribution in [0.5, 0.6) is 0 Å². The fourth-order valence-electron chi connectivity index (χ4n) is 1.07. The minimum atomic E-state index is 1.02. The Bertz CT molecular complexity index is 279. The van der Waals surface area contributed by atoms with Crippen molar-refractivity contribution in [2.24, 2.45) is 7.05 Å². The van der Waals surface area contributed by atoms with Crippen molar-refractivity contribution in [3.05, 3.63) is 23.8 Å². The zero-order valence-electron chi connectivity index (χ0n) is 6.54. The van der Waals surface area contributed by atoms with Gasteiger partial charge in [0.25, 0.3) is 0 Å². The lowest BCUT2D eigenvalue weighted by molar-refractivity contribution is 0.673. The van der Waals surface area contributed by atoms with Gasteiger partial charge >= 0.3 is 0 Å². The first-order valence-corrected chi connectivity index (χ1v) is 3.74. The third-order valence-corrected chi connectivity index (χ3v) is 1.90. The van der Waals surface area contributed by atoms with Gasteiger partial charge in [0.1, 0.15) is 5.82 Å². The Morgan fingerprint density at radius 3 is 2.91 bits per heavy atom. The second kappa shape index (κ2) is 2.51. The molecule has 58 valence electrons. The van der Waals surface area contributed by atoms with Gasteiger partial charge in [0.05, 0.1) is 0 Å². The molecule has 1 aliphatic heterocycles. The van der Waals surface area contributed by atoms with Gasteiger partial charge in [-0.1, -0.05) is 0 Å². The van der Waals surface area contributed by atoms with Crippen LogP contribution in [-0.2, 0) is 7.05 Å². The van der Waals surface area contributed by atoms with E-state index in [1.807, 2.05) is 24.0 Å². The van der Waals surface area contributed by atoms with Crippen LogP contribution in [0.4, 0.5) is 0 Å². The Kier molecular flexibility index (Phi) is 1.51. The molecule has 0 unspecified atom stereocenters. The highest BCUT2D eigenvalue weighted by atomic mass is 15.0. The lowest BCUT2D eigenvalue weighted by Crippen LogP contribution is -2.33. The van der Waals surface area contributed by atoms with Crippen LogP contribution in [0.1, 0.15) is 5.82 Å². The fourth-order valence-corrected chi connectivity index (χ4v) is 1.07. The minimum Gasteiger partial charge on any atom is -0.335 e. The summed E-state index contributed by atoms with van der Waals surface area (Å²) in [7, 11) is 2.01. The number of nitrogens with zero attached hydrogens (tertiary/aromatic N) is 2. The van der Waals surface area contributed by atoms with Crippen LogP contribution in [0.25, 0.3) is 6.08 Å². The summed E-state index contributed by atoms with van der Waals surface area (Å²) < 4.78 is 2.02. The normalized spacial score (nSPS) is 16.3. The predicted octanol–water partition coefficient (Wildman–Crippen LogP) is 0.407. The Balaban J connectivity index is 2.23. The van der Waals surface area contributed by atoms with E-state index in [4.69, 9.17) is 0 Å². The molecule has 1 aliphatic rings. The Morgan fingerprint density at radius 2 is 2.45 bits per heavy atom. The van der Waals surface area contributed by atoms with Gasteiger partial charge in [0.15, 0.2) is 0 Å². The zero-order valence-corrected chi connectivity index (χ0v) is 6.54. The van der Waals surface area contributed by atoms with E-state index in [0.717, 1.165) is 18.9 Å². The average Bonchev–Trinajstić information content (AvgIpc) is 2.27. The molecular formula is C8H11N3. The molecule has 11 heavy (non-hydrogen) atoms. The van der Waals surface area contributed by atoms with E-state index in [-0.39, 0.29) is 0 Å². The van der Waals surface area contributed by atoms with E-state index in [0.29, 0.717) is 0 Å². The number of hydrogen-bond acceptors (Lipinski definition) is 2. The van der Waals surface area contributed by atoms with Crippen LogP contribution in [-0.4, -0.2) is 22.6 Å². The quantitative estimate of drug-likeness (QED) is 0.626. The fraction of sp³-hybridized carbons (Fsp3) is 0.375. The van der Waals surface area contributed by atoms with Crippen LogP contribution in [0, 0.1) is 0 Å². The van der Waals surface area contributed by atoms with Crippen LogP contribution >= 0.6 is 0 Å². The molecule has 0 aromatic carbocycles. The first-order chi connectivity index (χ1) is 5.36. The third kappa shape index (κ3) is 1.19.